The van der Waals surface area contributed by atoms with Crippen molar-refractivity contribution in [3.63, 3.8) is 0 Å². The maximum Gasteiger partial charge on any atom is 0.271 e. The van der Waals surface area contributed by atoms with Crippen LogP contribution in [0.5, 0.6) is 5.75 Å². The number of amides is 1. The first-order valence-electron chi connectivity index (χ1n) is 8.74. The second-order valence-electron chi connectivity index (χ2n) is 6.90. The number of nitrogens with zero attached hydrogens (tertiary/aromatic N) is 3. The first kappa shape index (κ1) is 17.5. The Morgan fingerprint density at radius 2 is 2.04 bits per heavy atom. The highest BCUT2D eigenvalue weighted by Gasteiger charge is 2.21. The lowest BCUT2D eigenvalue weighted by Gasteiger charge is -2.28. The molecular formula is C19H26N4O2. The number of ether oxygens (including phenoxy) is 1. The van der Waals surface area contributed by atoms with Crippen LogP contribution in [0.4, 0.5) is 0 Å². The number of carbonyl (C=O) groups excluding carboxylic acids is 1. The molecule has 1 aromatic carbocycles. The summed E-state index contributed by atoms with van der Waals surface area (Å²) in [6, 6.07) is 7.67. The van der Waals surface area contributed by atoms with Crippen molar-refractivity contribution in [2.45, 2.75) is 33.5 Å². The van der Waals surface area contributed by atoms with Crippen LogP contribution >= 0.6 is 0 Å². The molecule has 0 unspecified atom stereocenters. The summed E-state index contributed by atoms with van der Waals surface area (Å²) < 4.78 is 7.24. The quantitative estimate of drug-likeness (QED) is 0.875. The van der Waals surface area contributed by atoms with E-state index in [1.165, 1.54) is 0 Å². The van der Waals surface area contributed by atoms with Crippen LogP contribution in [0.15, 0.2) is 30.5 Å². The minimum absolute atomic E-state index is 0.131. The van der Waals surface area contributed by atoms with Gasteiger partial charge < -0.3 is 14.6 Å². The Kier molecular flexibility index (Phi) is 5.38. The predicted molar refractivity (Wildman–Crippen MR) is 96.5 cm³/mol. The molecule has 1 N–H and O–H groups in total. The standard InChI is InChI=1S/C19H26N4O2/c1-14(2)11-22-8-9-23-12-17(21-18(23)13-22)19(24)20-10-15-4-6-16(25-3)7-5-15/h4-7,12,14H,8-11,13H2,1-3H3,(H,20,24). The van der Waals surface area contributed by atoms with Gasteiger partial charge in [0, 0.05) is 32.4 Å². The second-order valence-corrected chi connectivity index (χ2v) is 6.90. The van der Waals surface area contributed by atoms with Gasteiger partial charge in [-0.15, -0.1) is 0 Å². The fraction of sp³-hybridized carbons (Fsp3) is 0.474. The molecule has 25 heavy (non-hydrogen) atoms. The molecule has 1 amide bonds. The van der Waals surface area contributed by atoms with Crippen molar-refractivity contribution in [1.82, 2.24) is 19.8 Å². The lowest BCUT2D eigenvalue weighted by molar-refractivity contribution is 0.0946. The maximum atomic E-state index is 12.4. The van der Waals surface area contributed by atoms with Gasteiger partial charge in [0.15, 0.2) is 0 Å². The second kappa shape index (κ2) is 7.70. The van der Waals surface area contributed by atoms with Gasteiger partial charge in [-0.05, 0) is 23.6 Å². The molecule has 1 aliphatic heterocycles. The molecule has 0 saturated carbocycles. The molecule has 134 valence electrons. The minimum atomic E-state index is -0.131. The Hall–Kier alpha value is -2.34. The topological polar surface area (TPSA) is 59.4 Å². The predicted octanol–water partition coefficient (Wildman–Crippen LogP) is 2.29. The van der Waals surface area contributed by atoms with Crippen LogP contribution in [0.1, 0.15) is 35.7 Å². The molecule has 0 saturated heterocycles. The van der Waals surface area contributed by atoms with E-state index in [0.717, 1.165) is 43.3 Å². The highest BCUT2D eigenvalue weighted by atomic mass is 16.5. The molecule has 2 heterocycles. The van der Waals surface area contributed by atoms with Crippen LogP contribution in [-0.4, -0.2) is 40.6 Å². The van der Waals surface area contributed by atoms with E-state index in [9.17, 15) is 4.79 Å². The molecule has 6 heteroatoms. The van der Waals surface area contributed by atoms with Crippen molar-refractivity contribution in [2.24, 2.45) is 5.92 Å². The van der Waals surface area contributed by atoms with E-state index < -0.39 is 0 Å². The van der Waals surface area contributed by atoms with Gasteiger partial charge in [-0.3, -0.25) is 9.69 Å². The van der Waals surface area contributed by atoms with Gasteiger partial charge in [0.25, 0.3) is 5.91 Å². The van der Waals surface area contributed by atoms with Gasteiger partial charge in [0.05, 0.1) is 13.7 Å². The van der Waals surface area contributed by atoms with Crippen LogP contribution in [0.25, 0.3) is 0 Å². The van der Waals surface area contributed by atoms with E-state index in [-0.39, 0.29) is 5.91 Å². The number of rotatable bonds is 6. The number of hydrogen-bond acceptors (Lipinski definition) is 4. The van der Waals surface area contributed by atoms with Crippen LogP contribution in [0.3, 0.4) is 0 Å². The van der Waals surface area contributed by atoms with Gasteiger partial charge in [-0.2, -0.15) is 0 Å². The zero-order valence-electron chi connectivity index (χ0n) is 15.2. The van der Waals surface area contributed by atoms with Gasteiger partial charge in [0.1, 0.15) is 17.3 Å². The fourth-order valence-corrected chi connectivity index (χ4v) is 3.10. The number of nitrogens with one attached hydrogen (secondary N) is 1. The Bertz CT molecular complexity index is 722. The van der Waals surface area contributed by atoms with Crippen molar-refractivity contribution < 1.29 is 9.53 Å². The molecular weight excluding hydrogens is 316 g/mol. The van der Waals surface area contributed by atoms with Crippen LogP contribution < -0.4 is 10.1 Å². The lowest BCUT2D eigenvalue weighted by atomic mass is 10.2. The van der Waals surface area contributed by atoms with E-state index in [2.05, 4.69) is 33.6 Å². The number of benzene rings is 1. The van der Waals surface area contributed by atoms with Crippen molar-refractivity contribution in [2.75, 3.05) is 20.2 Å². The molecule has 0 aliphatic carbocycles. The third-order valence-electron chi connectivity index (χ3n) is 4.35. The number of aromatic nitrogens is 2. The monoisotopic (exact) mass is 342 g/mol. The van der Waals surface area contributed by atoms with Crippen LogP contribution in [0.2, 0.25) is 0 Å². The summed E-state index contributed by atoms with van der Waals surface area (Å²) in [6.45, 7) is 8.69. The molecule has 6 nitrogen and oxygen atoms in total. The Morgan fingerprint density at radius 3 is 2.72 bits per heavy atom. The third-order valence-corrected chi connectivity index (χ3v) is 4.35. The van der Waals surface area contributed by atoms with Crippen molar-refractivity contribution in [3.8, 4) is 5.75 Å². The molecule has 0 radical (unpaired) electrons. The summed E-state index contributed by atoms with van der Waals surface area (Å²) in [4.78, 5) is 19.3. The van der Waals surface area contributed by atoms with Crippen LogP contribution in [0, 0.1) is 5.92 Å². The zero-order chi connectivity index (χ0) is 17.8. The minimum Gasteiger partial charge on any atom is -0.497 e. The molecule has 0 fully saturated rings. The molecule has 2 aromatic rings. The summed E-state index contributed by atoms with van der Waals surface area (Å²) in [7, 11) is 1.64. The van der Waals surface area contributed by atoms with Crippen molar-refractivity contribution >= 4 is 5.91 Å². The van der Waals surface area contributed by atoms with E-state index >= 15 is 0 Å². The number of fused-ring (bicyclic) bond motifs is 1. The van der Waals surface area contributed by atoms with Gasteiger partial charge >= 0.3 is 0 Å². The summed E-state index contributed by atoms with van der Waals surface area (Å²) >= 11 is 0. The average Bonchev–Trinajstić information content (AvgIpc) is 3.03. The molecule has 0 bridgehead atoms. The van der Waals surface area contributed by atoms with E-state index in [4.69, 9.17) is 4.74 Å². The summed E-state index contributed by atoms with van der Waals surface area (Å²) in [5.41, 5.74) is 1.52. The van der Waals surface area contributed by atoms with Crippen molar-refractivity contribution in [1.29, 1.82) is 0 Å². The Labute approximate surface area is 148 Å². The smallest absolute Gasteiger partial charge is 0.271 e. The summed E-state index contributed by atoms with van der Waals surface area (Å²) in [5.74, 6) is 2.28. The Balaban J connectivity index is 1.59. The van der Waals surface area contributed by atoms with Gasteiger partial charge in [-0.25, -0.2) is 4.98 Å². The average molecular weight is 342 g/mol. The highest BCUT2D eigenvalue weighted by molar-refractivity contribution is 5.92. The molecule has 0 spiro atoms. The van der Waals surface area contributed by atoms with Gasteiger partial charge in [0.2, 0.25) is 0 Å². The van der Waals surface area contributed by atoms with Crippen LogP contribution in [-0.2, 0) is 19.6 Å². The summed E-state index contributed by atoms with van der Waals surface area (Å²) in [6.07, 6.45) is 1.87. The summed E-state index contributed by atoms with van der Waals surface area (Å²) in [5, 5.41) is 2.94. The normalized spacial score (nSPS) is 14.4. The highest BCUT2D eigenvalue weighted by Crippen LogP contribution is 2.15. The fourth-order valence-electron chi connectivity index (χ4n) is 3.10. The largest absolute Gasteiger partial charge is 0.497 e. The molecule has 0 atom stereocenters. The molecule has 1 aliphatic rings. The number of hydrogen-bond donors (Lipinski definition) is 1. The number of carbonyl (C=O) groups is 1. The maximum absolute atomic E-state index is 12.4. The number of methoxy groups -OCH3 is 1. The zero-order valence-corrected chi connectivity index (χ0v) is 15.2. The van der Waals surface area contributed by atoms with E-state index in [0.29, 0.717) is 18.2 Å². The SMILES string of the molecule is COc1ccc(CNC(=O)c2cn3c(n2)CN(CC(C)C)CC3)cc1. The van der Waals surface area contributed by atoms with Crippen molar-refractivity contribution in [3.05, 3.63) is 47.5 Å². The lowest BCUT2D eigenvalue weighted by Crippen LogP contribution is -2.35. The molecule has 1 aromatic heterocycles. The first-order valence-corrected chi connectivity index (χ1v) is 8.74. The first-order chi connectivity index (χ1) is 12.0. The van der Waals surface area contributed by atoms with Gasteiger partial charge in [-0.1, -0.05) is 26.0 Å². The van der Waals surface area contributed by atoms with E-state index in [1.54, 1.807) is 7.11 Å². The molecule has 3 rings (SSSR count). The Morgan fingerprint density at radius 1 is 1.28 bits per heavy atom. The van der Waals surface area contributed by atoms with E-state index in [1.807, 2.05) is 30.5 Å². The third kappa shape index (κ3) is 4.39. The number of imidazole rings is 1.